The van der Waals surface area contributed by atoms with Crippen LogP contribution in [-0.4, -0.2) is 23.0 Å². The molecular weight excluding hydrogens is 291 g/mol. The number of nitrogens with zero attached hydrogens (tertiary/aromatic N) is 1. The summed E-state index contributed by atoms with van der Waals surface area (Å²) < 4.78 is 13.0. The molecule has 1 heterocycles. The van der Waals surface area contributed by atoms with Crippen LogP contribution in [0.3, 0.4) is 0 Å². The maximum absolute atomic E-state index is 13.0. The van der Waals surface area contributed by atoms with Crippen molar-refractivity contribution in [3.8, 4) is 0 Å². The average Bonchev–Trinajstić information content (AvgIpc) is 2.50. The molecule has 4 heteroatoms. The van der Waals surface area contributed by atoms with Crippen molar-refractivity contribution in [3.05, 3.63) is 67.0 Å². The number of halogens is 1. The molecule has 1 N–H and O–H groups in total. The molecule has 0 saturated heterocycles. The molecule has 0 fully saturated rings. The number of urea groups is 1. The highest BCUT2D eigenvalue weighted by Crippen LogP contribution is 2.27. The molecule has 122 valence electrons. The molecule has 2 rings (SSSR count). The second-order valence-electron chi connectivity index (χ2n) is 5.83. The van der Waals surface area contributed by atoms with E-state index in [9.17, 15) is 9.18 Å². The number of amides is 2. The maximum atomic E-state index is 13.0. The van der Waals surface area contributed by atoms with E-state index in [0.29, 0.717) is 12.1 Å². The third-order valence-electron chi connectivity index (χ3n) is 3.96. The van der Waals surface area contributed by atoms with Crippen molar-refractivity contribution in [3.63, 3.8) is 0 Å². The summed E-state index contributed by atoms with van der Waals surface area (Å²) in [7, 11) is 0. The Bertz CT molecular complexity index is 606. The minimum Gasteiger partial charge on any atom is -0.314 e. The highest BCUT2D eigenvalue weighted by molar-refractivity contribution is 5.90. The van der Waals surface area contributed by atoms with Crippen molar-refractivity contribution in [2.24, 2.45) is 0 Å². The first-order valence-corrected chi connectivity index (χ1v) is 7.79. The van der Waals surface area contributed by atoms with Gasteiger partial charge in [-0.05, 0) is 50.5 Å². The molecule has 1 aliphatic rings. The van der Waals surface area contributed by atoms with Gasteiger partial charge in [-0.15, -0.1) is 13.2 Å². The van der Waals surface area contributed by atoms with Crippen LogP contribution in [0.4, 0.5) is 14.9 Å². The summed E-state index contributed by atoms with van der Waals surface area (Å²) >= 11 is 0. The number of carbonyl (C=O) groups is 1. The molecule has 1 aromatic rings. The fraction of sp³-hybridized carbons (Fsp3) is 0.316. The quantitative estimate of drug-likeness (QED) is 0.770. The highest BCUT2D eigenvalue weighted by Gasteiger charge is 2.32. The zero-order chi connectivity index (χ0) is 16.8. The average molecular weight is 314 g/mol. The van der Waals surface area contributed by atoms with Gasteiger partial charge >= 0.3 is 6.03 Å². The highest BCUT2D eigenvalue weighted by atomic mass is 19.1. The third-order valence-corrected chi connectivity index (χ3v) is 3.96. The van der Waals surface area contributed by atoms with E-state index < -0.39 is 0 Å². The second kappa shape index (κ2) is 7.77. The van der Waals surface area contributed by atoms with Crippen LogP contribution >= 0.6 is 0 Å². The molecule has 0 aliphatic carbocycles. The van der Waals surface area contributed by atoms with E-state index in [1.54, 1.807) is 12.1 Å². The van der Waals surface area contributed by atoms with Crippen LogP contribution in [0.5, 0.6) is 0 Å². The van der Waals surface area contributed by atoms with Crippen molar-refractivity contribution in [2.75, 3.05) is 5.32 Å². The molecule has 3 nitrogen and oxygen atoms in total. The summed E-state index contributed by atoms with van der Waals surface area (Å²) in [6.45, 7) is 9.67. The van der Waals surface area contributed by atoms with Gasteiger partial charge in [-0.25, -0.2) is 9.18 Å². The van der Waals surface area contributed by atoms with Gasteiger partial charge in [-0.3, -0.25) is 0 Å². The van der Waals surface area contributed by atoms with Gasteiger partial charge in [0.25, 0.3) is 0 Å². The van der Waals surface area contributed by atoms with Gasteiger partial charge in [0.05, 0.1) is 6.04 Å². The van der Waals surface area contributed by atoms with Crippen LogP contribution in [0.1, 0.15) is 26.2 Å². The largest absolute Gasteiger partial charge is 0.322 e. The fourth-order valence-electron chi connectivity index (χ4n) is 3.00. The Kier molecular flexibility index (Phi) is 5.74. The topological polar surface area (TPSA) is 32.3 Å². The predicted molar refractivity (Wildman–Crippen MR) is 92.8 cm³/mol. The Balaban J connectivity index is 2.22. The van der Waals surface area contributed by atoms with Crippen LogP contribution in [0.15, 0.2) is 61.2 Å². The number of hydrogen-bond donors (Lipinski definition) is 1. The fourth-order valence-corrected chi connectivity index (χ4v) is 3.00. The van der Waals surface area contributed by atoms with Crippen molar-refractivity contribution >= 4 is 11.7 Å². The van der Waals surface area contributed by atoms with E-state index in [-0.39, 0.29) is 23.9 Å². The molecule has 2 amide bonds. The zero-order valence-corrected chi connectivity index (χ0v) is 13.5. The van der Waals surface area contributed by atoms with E-state index in [1.165, 1.54) is 17.7 Å². The van der Waals surface area contributed by atoms with Crippen molar-refractivity contribution < 1.29 is 9.18 Å². The number of rotatable bonds is 5. The van der Waals surface area contributed by atoms with Gasteiger partial charge in [-0.1, -0.05) is 23.8 Å². The minimum absolute atomic E-state index is 0.0216. The molecule has 1 aliphatic heterocycles. The Morgan fingerprint density at radius 1 is 1.30 bits per heavy atom. The molecule has 0 saturated carbocycles. The Labute approximate surface area is 137 Å². The number of anilines is 1. The summed E-state index contributed by atoms with van der Waals surface area (Å²) in [5, 5.41) is 2.85. The van der Waals surface area contributed by atoms with Gasteiger partial charge in [0, 0.05) is 11.7 Å². The summed E-state index contributed by atoms with van der Waals surface area (Å²) in [6.07, 6.45) is 8.04. The molecule has 0 aromatic heterocycles. The van der Waals surface area contributed by atoms with Gasteiger partial charge in [0.1, 0.15) is 5.82 Å². The molecule has 23 heavy (non-hydrogen) atoms. The van der Waals surface area contributed by atoms with E-state index in [2.05, 4.69) is 31.5 Å². The van der Waals surface area contributed by atoms with Crippen LogP contribution < -0.4 is 5.32 Å². The van der Waals surface area contributed by atoms with Crippen LogP contribution in [-0.2, 0) is 0 Å². The van der Waals surface area contributed by atoms with Gasteiger partial charge < -0.3 is 10.2 Å². The first-order chi connectivity index (χ1) is 11.0. The maximum Gasteiger partial charge on any atom is 0.322 e. The number of carbonyl (C=O) groups excluding carboxylic acids is 1. The Hall–Kier alpha value is -2.36. The SMILES string of the molecule is C=CC[C@H]1CC(C)=C[C@H](CC=C)N1C(=O)Nc1ccc(F)cc1. The summed E-state index contributed by atoms with van der Waals surface area (Å²) in [5.74, 6) is -0.325. The Morgan fingerprint density at radius 2 is 1.96 bits per heavy atom. The van der Waals surface area contributed by atoms with Crippen LogP contribution in [0.25, 0.3) is 0 Å². The van der Waals surface area contributed by atoms with E-state index in [0.717, 1.165) is 12.8 Å². The van der Waals surface area contributed by atoms with E-state index in [4.69, 9.17) is 0 Å². The lowest BCUT2D eigenvalue weighted by Gasteiger charge is -2.40. The van der Waals surface area contributed by atoms with Crippen molar-refractivity contribution in [1.82, 2.24) is 4.90 Å². The first-order valence-electron chi connectivity index (χ1n) is 7.79. The van der Waals surface area contributed by atoms with Crippen LogP contribution in [0.2, 0.25) is 0 Å². The summed E-state index contributed by atoms with van der Waals surface area (Å²) in [5.41, 5.74) is 1.85. The van der Waals surface area contributed by atoms with Gasteiger partial charge in [0.2, 0.25) is 0 Å². The standard InChI is InChI=1S/C19H23FN2O/c1-4-6-17-12-14(3)13-18(7-5-2)22(17)19(23)21-16-10-8-15(20)9-11-16/h4-5,8-12,17-18H,1-2,6-7,13H2,3H3,(H,21,23)/t17-,18-/m0/s1. The van der Waals surface area contributed by atoms with Crippen molar-refractivity contribution in [2.45, 2.75) is 38.3 Å². The molecule has 2 atom stereocenters. The Morgan fingerprint density at radius 3 is 2.57 bits per heavy atom. The second-order valence-corrected chi connectivity index (χ2v) is 5.83. The van der Waals surface area contributed by atoms with Crippen LogP contribution in [0, 0.1) is 5.82 Å². The first kappa shape index (κ1) is 17.0. The lowest BCUT2D eigenvalue weighted by molar-refractivity contribution is 0.163. The van der Waals surface area contributed by atoms with Gasteiger partial charge in [0.15, 0.2) is 0 Å². The molecule has 0 spiro atoms. The number of nitrogens with one attached hydrogen (secondary N) is 1. The lowest BCUT2D eigenvalue weighted by Crippen LogP contribution is -2.50. The summed E-state index contributed by atoms with van der Waals surface area (Å²) in [4.78, 5) is 14.6. The van der Waals surface area contributed by atoms with Gasteiger partial charge in [-0.2, -0.15) is 0 Å². The molecule has 0 radical (unpaired) electrons. The smallest absolute Gasteiger partial charge is 0.314 e. The lowest BCUT2D eigenvalue weighted by atomic mass is 9.93. The van der Waals surface area contributed by atoms with E-state index >= 15 is 0 Å². The normalized spacial score (nSPS) is 20.6. The predicted octanol–water partition coefficient (Wildman–Crippen LogP) is 4.90. The van der Waals surface area contributed by atoms with Crippen molar-refractivity contribution in [1.29, 1.82) is 0 Å². The monoisotopic (exact) mass is 314 g/mol. The number of benzene rings is 1. The third kappa shape index (κ3) is 4.31. The molecule has 1 aromatic carbocycles. The minimum atomic E-state index is -0.325. The molecular formula is C19H23FN2O. The zero-order valence-electron chi connectivity index (χ0n) is 13.5. The summed E-state index contributed by atoms with van der Waals surface area (Å²) in [6, 6.07) is 5.65. The van der Waals surface area contributed by atoms with E-state index in [1.807, 2.05) is 17.1 Å². The molecule has 0 bridgehead atoms. The number of hydrogen-bond acceptors (Lipinski definition) is 1. The molecule has 0 unspecified atom stereocenters.